The molecule has 4 aliphatic heterocycles. The van der Waals surface area contributed by atoms with Crippen molar-refractivity contribution in [3.05, 3.63) is 56.0 Å². The van der Waals surface area contributed by atoms with Gasteiger partial charge in [-0.1, -0.05) is 53.3 Å². The molecule has 4 heterocycles. The topological polar surface area (TPSA) is 69.7 Å². The summed E-state index contributed by atoms with van der Waals surface area (Å²) in [4.78, 5) is 45.5. The van der Waals surface area contributed by atoms with Crippen molar-refractivity contribution in [1.29, 1.82) is 0 Å². The highest BCUT2D eigenvalue weighted by atomic mass is 35.5. The Morgan fingerprint density at radius 3 is 2.31 bits per heavy atom. The van der Waals surface area contributed by atoms with Gasteiger partial charge in [-0.05, 0) is 50.1 Å². The van der Waals surface area contributed by atoms with Crippen LogP contribution in [-0.4, -0.2) is 40.9 Å². The van der Waals surface area contributed by atoms with E-state index < -0.39 is 46.3 Å². The molecule has 3 fully saturated rings. The Balaban J connectivity index is 1.67. The number of carbonyl (C=O) groups is 3. The zero-order valence-corrected chi connectivity index (χ0v) is 22.2. The third-order valence-corrected chi connectivity index (χ3v) is 9.23. The number of hydrogen-bond acceptors (Lipinski definition) is 4. The zero-order valence-electron chi connectivity index (χ0n) is 19.2. The van der Waals surface area contributed by atoms with Gasteiger partial charge in [0.05, 0.1) is 27.7 Å². The minimum atomic E-state index is -1.69. The number of anilines is 2. The average Bonchev–Trinajstić information content (AvgIpc) is 3.38. The molecule has 1 spiro atoms. The number of benzene rings is 2. The van der Waals surface area contributed by atoms with Gasteiger partial charge in [-0.25, -0.2) is 9.29 Å². The van der Waals surface area contributed by atoms with Crippen LogP contribution in [0.1, 0.15) is 32.3 Å². The maximum absolute atomic E-state index is 15.6. The van der Waals surface area contributed by atoms with Crippen molar-refractivity contribution >= 4 is 75.5 Å². The molecule has 0 aliphatic carbocycles. The molecule has 1 N–H and O–H groups in total. The lowest BCUT2D eigenvalue weighted by atomic mass is 9.60. The summed E-state index contributed by atoms with van der Waals surface area (Å²) >= 11 is 25.3. The summed E-state index contributed by atoms with van der Waals surface area (Å²) in [5.74, 6) is -2.59. The normalized spacial score (nSPS) is 35.0. The zero-order chi connectivity index (χ0) is 25.9. The van der Waals surface area contributed by atoms with Gasteiger partial charge in [0, 0.05) is 33.2 Å². The fraction of sp³-hybridized carbons (Fsp3) is 0.400. The molecule has 2 aromatic rings. The number of rotatable bonds is 2. The molecule has 188 valence electrons. The molecule has 5 atom stereocenters. The lowest BCUT2D eigenvalue weighted by Crippen LogP contribution is -2.60. The Bertz CT molecular complexity index is 1380. The maximum atomic E-state index is 15.6. The van der Waals surface area contributed by atoms with Crippen LogP contribution < -0.4 is 10.2 Å². The first-order valence-corrected chi connectivity index (χ1v) is 13.0. The molecule has 11 heteroatoms. The molecule has 6 rings (SSSR count). The molecule has 2 aromatic carbocycles. The van der Waals surface area contributed by atoms with Gasteiger partial charge in [-0.15, -0.1) is 0 Å². The van der Waals surface area contributed by atoms with Crippen LogP contribution >= 0.6 is 46.4 Å². The average molecular weight is 571 g/mol. The van der Waals surface area contributed by atoms with Gasteiger partial charge in [-0.3, -0.25) is 19.3 Å². The molecule has 0 radical (unpaired) electrons. The quantitative estimate of drug-likeness (QED) is 0.460. The first-order valence-electron chi connectivity index (χ1n) is 11.5. The van der Waals surface area contributed by atoms with Crippen LogP contribution in [-0.2, 0) is 19.9 Å². The van der Waals surface area contributed by atoms with Gasteiger partial charge >= 0.3 is 0 Å². The van der Waals surface area contributed by atoms with Gasteiger partial charge in [0.2, 0.25) is 11.8 Å². The molecule has 3 saturated heterocycles. The summed E-state index contributed by atoms with van der Waals surface area (Å²) in [6, 6.07) is 6.82. The lowest BCUT2D eigenvalue weighted by Gasteiger charge is -2.44. The lowest BCUT2D eigenvalue weighted by molar-refractivity contribution is -0.145. The molecular weight excluding hydrogens is 551 g/mol. The highest BCUT2D eigenvalue weighted by molar-refractivity contribution is 6.39. The van der Waals surface area contributed by atoms with E-state index in [0.29, 0.717) is 11.3 Å². The van der Waals surface area contributed by atoms with E-state index in [0.717, 1.165) is 4.90 Å². The van der Waals surface area contributed by atoms with Crippen LogP contribution in [0.3, 0.4) is 0 Å². The molecule has 0 bridgehead atoms. The van der Waals surface area contributed by atoms with Crippen molar-refractivity contribution in [2.75, 3.05) is 16.8 Å². The summed E-state index contributed by atoms with van der Waals surface area (Å²) in [6.45, 7) is 3.08. The van der Waals surface area contributed by atoms with E-state index in [1.165, 1.54) is 31.2 Å². The van der Waals surface area contributed by atoms with E-state index in [1.807, 2.05) is 0 Å². The van der Waals surface area contributed by atoms with Gasteiger partial charge in [0.15, 0.2) is 0 Å². The number of fused-ring (bicyclic) bond motifs is 7. The van der Waals surface area contributed by atoms with Crippen LogP contribution in [0.5, 0.6) is 0 Å². The standard InChI is InChI=1S/C25H20Cl4FN3O3/c1-3-24-18(20(34)33(22(24)36)14-5-11(26)4-12(27)6-14)17-9-23(2,30)10-32(17)25(24)15-7-13(28)8-16(29)19(15)31-21(25)35/h4-8,17-18H,3,9-10H2,1-2H3,(H,31,35)/t17?,18?,23-,24?,25?/m1/s1. The van der Waals surface area contributed by atoms with Crippen molar-refractivity contribution in [1.82, 2.24) is 4.90 Å². The molecule has 36 heavy (non-hydrogen) atoms. The summed E-state index contributed by atoms with van der Waals surface area (Å²) in [5, 5.41) is 3.78. The van der Waals surface area contributed by atoms with Crippen molar-refractivity contribution < 1.29 is 18.8 Å². The number of nitrogens with one attached hydrogen (secondary N) is 1. The van der Waals surface area contributed by atoms with Crippen molar-refractivity contribution in [2.45, 2.75) is 43.9 Å². The molecular formula is C25H20Cl4FN3O3. The predicted molar refractivity (Wildman–Crippen MR) is 137 cm³/mol. The second-order valence-corrected chi connectivity index (χ2v) is 11.9. The molecule has 0 aromatic heterocycles. The van der Waals surface area contributed by atoms with Crippen LogP contribution in [0.4, 0.5) is 15.8 Å². The highest BCUT2D eigenvalue weighted by Gasteiger charge is 2.83. The van der Waals surface area contributed by atoms with Gasteiger partial charge < -0.3 is 5.32 Å². The minimum absolute atomic E-state index is 0.0127. The molecule has 6 nitrogen and oxygen atoms in total. The second kappa shape index (κ2) is 7.58. The summed E-state index contributed by atoms with van der Waals surface area (Å²) < 4.78 is 15.6. The van der Waals surface area contributed by atoms with E-state index in [2.05, 4.69) is 5.32 Å². The number of alkyl halides is 1. The maximum Gasteiger partial charge on any atom is 0.250 e. The second-order valence-electron chi connectivity index (χ2n) is 10.2. The first kappa shape index (κ1) is 24.4. The van der Waals surface area contributed by atoms with E-state index in [-0.39, 0.29) is 45.2 Å². The molecule has 3 amide bonds. The fourth-order valence-corrected chi connectivity index (χ4v) is 8.30. The third kappa shape index (κ3) is 2.76. The summed E-state index contributed by atoms with van der Waals surface area (Å²) in [7, 11) is 0. The van der Waals surface area contributed by atoms with E-state index in [9.17, 15) is 14.4 Å². The number of imide groups is 1. The monoisotopic (exact) mass is 569 g/mol. The highest BCUT2D eigenvalue weighted by Crippen LogP contribution is 2.70. The predicted octanol–water partition coefficient (Wildman–Crippen LogP) is 5.85. The van der Waals surface area contributed by atoms with Crippen molar-refractivity contribution in [2.24, 2.45) is 11.3 Å². The van der Waals surface area contributed by atoms with Gasteiger partial charge in [0.1, 0.15) is 11.2 Å². The fourth-order valence-electron chi connectivity index (χ4n) is 7.24. The Hall–Kier alpha value is -1.90. The van der Waals surface area contributed by atoms with Crippen molar-refractivity contribution in [3.63, 3.8) is 0 Å². The summed E-state index contributed by atoms with van der Waals surface area (Å²) in [6.07, 6.45) is 0.126. The van der Waals surface area contributed by atoms with Crippen LogP contribution in [0, 0.1) is 11.3 Å². The van der Waals surface area contributed by atoms with Crippen LogP contribution in [0.15, 0.2) is 30.3 Å². The number of carbonyl (C=O) groups excluding carboxylic acids is 3. The Kier molecular flexibility index (Phi) is 5.14. The number of halogens is 5. The number of hydrogen-bond donors (Lipinski definition) is 1. The van der Waals surface area contributed by atoms with Gasteiger partial charge in [-0.2, -0.15) is 0 Å². The van der Waals surface area contributed by atoms with E-state index in [4.69, 9.17) is 46.4 Å². The third-order valence-electron chi connectivity index (χ3n) is 8.27. The number of nitrogens with zero attached hydrogens (tertiary/aromatic N) is 2. The molecule has 4 aliphatic rings. The van der Waals surface area contributed by atoms with Gasteiger partial charge in [0.25, 0.3) is 5.91 Å². The van der Waals surface area contributed by atoms with E-state index in [1.54, 1.807) is 17.9 Å². The largest absolute Gasteiger partial charge is 0.322 e. The Morgan fingerprint density at radius 1 is 1.03 bits per heavy atom. The number of amides is 3. The smallest absolute Gasteiger partial charge is 0.250 e. The summed E-state index contributed by atoms with van der Waals surface area (Å²) in [5.41, 5.74) is -4.01. The Labute approximate surface area is 226 Å². The minimum Gasteiger partial charge on any atom is -0.322 e. The van der Waals surface area contributed by atoms with Crippen LogP contribution in [0.25, 0.3) is 0 Å². The van der Waals surface area contributed by atoms with Crippen molar-refractivity contribution in [3.8, 4) is 0 Å². The van der Waals surface area contributed by atoms with E-state index >= 15 is 4.39 Å². The molecule has 0 saturated carbocycles. The van der Waals surface area contributed by atoms with Crippen LogP contribution in [0.2, 0.25) is 20.1 Å². The molecule has 4 unspecified atom stereocenters. The SMILES string of the molecule is CCC12C(=O)N(c3cc(Cl)cc(Cl)c3)C(=O)C1C1C[C@@](C)(F)CN1C21C(=O)Nc2c(Cl)cc(Cl)cc21. The Morgan fingerprint density at radius 2 is 1.67 bits per heavy atom. The first-order chi connectivity index (χ1) is 16.9.